The van der Waals surface area contributed by atoms with Gasteiger partial charge in [-0.3, -0.25) is 0 Å². The lowest BCUT2D eigenvalue weighted by molar-refractivity contribution is 0.0122. The Morgan fingerprint density at radius 1 is 1.28 bits per heavy atom. The molecule has 3 rings (SSSR count). The molecule has 0 bridgehead atoms. The zero-order valence-corrected chi connectivity index (χ0v) is 17.9. The zero-order valence-electron chi connectivity index (χ0n) is 15.0. The lowest BCUT2D eigenvalue weighted by Gasteiger charge is -2.39. The predicted octanol–water partition coefficient (Wildman–Crippen LogP) is 4.57. The molecule has 7 heteroatoms. The SMILES string of the molecule is CC(C)(C)OC(=O)N1CCC2(CC1)CCN(c1cc(Cl)ncc1I)C2. The smallest absolute Gasteiger partial charge is 0.410 e. The number of aromatic nitrogens is 1. The maximum atomic E-state index is 12.3. The van der Waals surface area contributed by atoms with E-state index in [9.17, 15) is 4.79 Å². The first-order chi connectivity index (χ1) is 11.7. The van der Waals surface area contributed by atoms with Crippen molar-refractivity contribution >= 4 is 46.0 Å². The van der Waals surface area contributed by atoms with Crippen LogP contribution in [0.2, 0.25) is 5.15 Å². The number of pyridine rings is 1. The van der Waals surface area contributed by atoms with Crippen LogP contribution in [0.15, 0.2) is 12.3 Å². The molecule has 2 aliphatic heterocycles. The monoisotopic (exact) mass is 477 g/mol. The average Bonchev–Trinajstić information content (AvgIpc) is 2.92. The maximum Gasteiger partial charge on any atom is 0.410 e. The Balaban J connectivity index is 1.61. The fraction of sp³-hybridized carbons (Fsp3) is 0.667. The number of carbonyl (C=O) groups is 1. The number of likely N-dealkylation sites (tertiary alicyclic amines) is 1. The molecule has 138 valence electrons. The maximum absolute atomic E-state index is 12.3. The molecule has 1 spiro atoms. The van der Waals surface area contributed by atoms with Gasteiger partial charge < -0.3 is 14.5 Å². The van der Waals surface area contributed by atoms with Gasteiger partial charge in [-0.15, -0.1) is 0 Å². The van der Waals surface area contributed by atoms with E-state index in [1.54, 1.807) is 0 Å². The molecule has 1 amide bonds. The number of amides is 1. The van der Waals surface area contributed by atoms with Gasteiger partial charge in [0.1, 0.15) is 10.8 Å². The van der Waals surface area contributed by atoms with Crippen molar-refractivity contribution in [2.24, 2.45) is 5.41 Å². The van der Waals surface area contributed by atoms with Crippen LogP contribution in [-0.2, 0) is 4.74 Å². The van der Waals surface area contributed by atoms with E-state index in [0.29, 0.717) is 5.15 Å². The molecule has 0 aliphatic carbocycles. The number of ether oxygens (including phenoxy) is 1. The molecule has 0 unspecified atom stereocenters. The van der Waals surface area contributed by atoms with E-state index in [-0.39, 0.29) is 11.5 Å². The van der Waals surface area contributed by atoms with E-state index in [4.69, 9.17) is 16.3 Å². The van der Waals surface area contributed by atoms with Crippen molar-refractivity contribution < 1.29 is 9.53 Å². The van der Waals surface area contributed by atoms with Gasteiger partial charge in [0, 0.05) is 32.4 Å². The molecular formula is C18H25ClIN3O2. The third-order valence-electron chi connectivity index (χ3n) is 5.06. The second-order valence-electron chi connectivity index (χ2n) is 8.10. The molecule has 2 saturated heterocycles. The fourth-order valence-corrected chi connectivity index (χ4v) is 4.47. The Morgan fingerprint density at radius 3 is 2.56 bits per heavy atom. The molecule has 25 heavy (non-hydrogen) atoms. The van der Waals surface area contributed by atoms with E-state index >= 15 is 0 Å². The highest BCUT2D eigenvalue weighted by atomic mass is 127. The van der Waals surface area contributed by atoms with Gasteiger partial charge in [-0.05, 0) is 74.1 Å². The number of piperidine rings is 1. The molecule has 0 N–H and O–H groups in total. The van der Waals surface area contributed by atoms with E-state index in [1.165, 1.54) is 5.69 Å². The summed E-state index contributed by atoms with van der Waals surface area (Å²) in [5, 5.41) is 0.538. The fourth-order valence-electron chi connectivity index (χ4n) is 3.68. The summed E-state index contributed by atoms with van der Waals surface area (Å²) < 4.78 is 6.63. The van der Waals surface area contributed by atoms with E-state index in [2.05, 4.69) is 32.5 Å². The number of hydrogen-bond donors (Lipinski definition) is 0. The number of rotatable bonds is 1. The van der Waals surface area contributed by atoms with Crippen LogP contribution in [0.4, 0.5) is 10.5 Å². The van der Waals surface area contributed by atoms with Crippen LogP contribution in [-0.4, -0.2) is 47.8 Å². The second-order valence-corrected chi connectivity index (χ2v) is 9.65. The minimum Gasteiger partial charge on any atom is -0.444 e. The van der Waals surface area contributed by atoms with Crippen LogP contribution < -0.4 is 4.90 Å². The predicted molar refractivity (Wildman–Crippen MR) is 108 cm³/mol. The van der Waals surface area contributed by atoms with Gasteiger partial charge in [-0.1, -0.05) is 11.6 Å². The van der Waals surface area contributed by atoms with Crippen molar-refractivity contribution in [3.63, 3.8) is 0 Å². The standard InChI is InChI=1S/C18H25ClIN3O2/c1-17(2,3)25-16(24)22-7-4-18(5-8-22)6-9-23(12-18)14-10-15(19)21-11-13(14)20/h10-11H,4-9,12H2,1-3H3. The van der Waals surface area contributed by atoms with E-state index < -0.39 is 5.60 Å². The van der Waals surface area contributed by atoms with Crippen molar-refractivity contribution in [2.75, 3.05) is 31.1 Å². The molecule has 0 aromatic carbocycles. The Labute approximate surface area is 168 Å². The largest absolute Gasteiger partial charge is 0.444 e. The highest BCUT2D eigenvalue weighted by Gasteiger charge is 2.42. The van der Waals surface area contributed by atoms with E-state index in [0.717, 1.165) is 49.0 Å². The first-order valence-electron chi connectivity index (χ1n) is 8.71. The first kappa shape index (κ1) is 19.0. The summed E-state index contributed by atoms with van der Waals surface area (Å²) in [7, 11) is 0. The Bertz CT molecular complexity index is 654. The first-order valence-corrected chi connectivity index (χ1v) is 10.2. The van der Waals surface area contributed by atoms with Gasteiger partial charge in [0.05, 0.1) is 9.26 Å². The molecule has 0 saturated carbocycles. The summed E-state index contributed by atoms with van der Waals surface area (Å²) in [6.07, 6.45) is 4.85. The van der Waals surface area contributed by atoms with Gasteiger partial charge in [0.25, 0.3) is 0 Å². The molecule has 0 atom stereocenters. The van der Waals surface area contributed by atoms with Crippen LogP contribution >= 0.6 is 34.2 Å². The van der Waals surface area contributed by atoms with Crippen molar-refractivity contribution in [3.05, 3.63) is 21.0 Å². The number of anilines is 1. The van der Waals surface area contributed by atoms with Gasteiger partial charge in [0.2, 0.25) is 0 Å². The van der Waals surface area contributed by atoms with Crippen LogP contribution in [0.5, 0.6) is 0 Å². The van der Waals surface area contributed by atoms with Crippen LogP contribution in [0.1, 0.15) is 40.0 Å². The molecule has 1 aromatic rings. The molecule has 0 radical (unpaired) electrons. The summed E-state index contributed by atoms with van der Waals surface area (Å²) in [5.41, 5.74) is 1.03. The zero-order chi connectivity index (χ0) is 18.2. The van der Waals surface area contributed by atoms with E-state index in [1.807, 2.05) is 37.9 Å². The molecular weight excluding hydrogens is 453 g/mol. The number of nitrogens with zero attached hydrogens (tertiary/aromatic N) is 3. The van der Waals surface area contributed by atoms with Gasteiger partial charge in [-0.2, -0.15) is 0 Å². The Morgan fingerprint density at radius 2 is 1.92 bits per heavy atom. The summed E-state index contributed by atoms with van der Waals surface area (Å²) in [6, 6.07) is 1.96. The van der Waals surface area contributed by atoms with Gasteiger partial charge >= 0.3 is 6.09 Å². The minimum atomic E-state index is -0.437. The summed E-state index contributed by atoms with van der Waals surface area (Å²) in [5.74, 6) is 0. The highest BCUT2D eigenvalue weighted by molar-refractivity contribution is 14.1. The third kappa shape index (κ3) is 4.51. The van der Waals surface area contributed by atoms with Crippen LogP contribution in [0, 0.1) is 8.99 Å². The van der Waals surface area contributed by atoms with Crippen LogP contribution in [0.25, 0.3) is 0 Å². The highest BCUT2D eigenvalue weighted by Crippen LogP contribution is 2.43. The van der Waals surface area contributed by atoms with Crippen molar-refractivity contribution in [2.45, 2.75) is 45.6 Å². The summed E-state index contributed by atoms with van der Waals surface area (Å²) in [6.45, 7) is 9.33. The molecule has 3 heterocycles. The Kier molecular flexibility index (Phi) is 5.40. The average molecular weight is 478 g/mol. The van der Waals surface area contributed by atoms with Crippen molar-refractivity contribution in [1.29, 1.82) is 0 Å². The number of hydrogen-bond acceptors (Lipinski definition) is 4. The quantitative estimate of drug-likeness (QED) is 0.439. The Hall–Kier alpha value is -0.760. The summed E-state index contributed by atoms with van der Waals surface area (Å²) in [4.78, 5) is 20.7. The van der Waals surface area contributed by atoms with Gasteiger partial charge in [-0.25, -0.2) is 9.78 Å². The third-order valence-corrected chi connectivity index (χ3v) is 6.09. The van der Waals surface area contributed by atoms with Gasteiger partial charge in [0.15, 0.2) is 0 Å². The summed E-state index contributed by atoms with van der Waals surface area (Å²) >= 11 is 8.40. The normalized spacial score (nSPS) is 20.2. The molecule has 2 fully saturated rings. The van der Waals surface area contributed by atoms with Crippen molar-refractivity contribution in [3.8, 4) is 0 Å². The topological polar surface area (TPSA) is 45.7 Å². The second kappa shape index (κ2) is 7.10. The van der Waals surface area contributed by atoms with Crippen molar-refractivity contribution in [1.82, 2.24) is 9.88 Å². The molecule has 2 aliphatic rings. The minimum absolute atomic E-state index is 0.187. The molecule has 1 aromatic heterocycles. The lowest BCUT2D eigenvalue weighted by Crippen LogP contribution is -2.46. The lowest BCUT2D eigenvalue weighted by atomic mass is 9.78. The van der Waals surface area contributed by atoms with Crippen LogP contribution in [0.3, 0.4) is 0 Å². The molecule has 5 nitrogen and oxygen atoms in total. The number of halogens is 2. The number of carbonyl (C=O) groups excluding carboxylic acids is 1.